The summed E-state index contributed by atoms with van der Waals surface area (Å²) in [5.74, 6) is 0. The van der Waals surface area contributed by atoms with Gasteiger partial charge in [0.15, 0.2) is 0 Å². The summed E-state index contributed by atoms with van der Waals surface area (Å²) in [5.41, 5.74) is 2.32. The number of aromatic nitrogens is 2. The van der Waals surface area contributed by atoms with Crippen molar-refractivity contribution in [2.24, 2.45) is 5.41 Å². The number of carbonyl (C=O) groups excluding carboxylic acids is 1. The summed E-state index contributed by atoms with van der Waals surface area (Å²) in [5, 5.41) is 7.34. The number of nitrogens with one attached hydrogen (secondary N) is 1. The molecule has 2 heterocycles. The van der Waals surface area contributed by atoms with E-state index in [1.165, 1.54) is 0 Å². The third-order valence-electron chi connectivity index (χ3n) is 4.61. The number of carbonyl (C=O) groups is 1. The van der Waals surface area contributed by atoms with Crippen LogP contribution in [0.5, 0.6) is 0 Å². The molecule has 2 aromatic rings. The first-order valence-electron chi connectivity index (χ1n) is 9.06. The second-order valence-corrected chi connectivity index (χ2v) is 8.03. The van der Waals surface area contributed by atoms with Gasteiger partial charge in [-0.3, -0.25) is 0 Å². The number of urea groups is 1. The van der Waals surface area contributed by atoms with Gasteiger partial charge in [0.1, 0.15) is 0 Å². The number of benzene rings is 1. The predicted molar refractivity (Wildman–Crippen MR) is 99.6 cm³/mol. The molecule has 1 N–H and O–H groups in total. The maximum atomic E-state index is 12.6. The van der Waals surface area contributed by atoms with Gasteiger partial charge < -0.3 is 10.2 Å². The molecule has 5 heteroatoms. The lowest BCUT2D eigenvalue weighted by atomic mass is 9.87. The summed E-state index contributed by atoms with van der Waals surface area (Å²) >= 11 is 0. The minimum Gasteiger partial charge on any atom is -0.334 e. The van der Waals surface area contributed by atoms with Gasteiger partial charge in [-0.25, -0.2) is 9.48 Å². The van der Waals surface area contributed by atoms with Crippen LogP contribution in [-0.4, -0.2) is 33.3 Å². The summed E-state index contributed by atoms with van der Waals surface area (Å²) in [7, 11) is 0. The number of rotatable bonds is 4. The lowest BCUT2D eigenvalue weighted by Crippen LogP contribution is -2.43. The van der Waals surface area contributed by atoms with Gasteiger partial charge in [0.05, 0.1) is 5.69 Å². The zero-order valence-electron chi connectivity index (χ0n) is 15.4. The predicted octanol–water partition coefficient (Wildman–Crippen LogP) is 3.98. The van der Waals surface area contributed by atoms with Crippen LogP contribution < -0.4 is 5.32 Å². The highest BCUT2D eigenvalue weighted by Crippen LogP contribution is 2.29. The summed E-state index contributed by atoms with van der Waals surface area (Å²) in [6, 6.07) is 10.4. The first kappa shape index (κ1) is 17.5. The van der Waals surface area contributed by atoms with E-state index in [0.717, 1.165) is 37.1 Å². The van der Waals surface area contributed by atoms with Crippen LogP contribution in [0.2, 0.25) is 0 Å². The third kappa shape index (κ3) is 4.62. The Morgan fingerprint density at radius 2 is 2.16 bits per heavy atom. The molecule has 1 unspecified atom stereocenters. The van der Waals surface area contributed by atoms with Crippen molar-refractivity contribution in [2.45, 2.75) is 52.6 Å². The molecule has 0 radical (unpaired) electrons. The molecule has 5 nitrogen and oxygen atoms in total. The Hall–Kier alpha value is -2.30. The molecule has 1 atom stereocenters. The van der Waals surface area contributed by atoms with E-state index in [1.54, 1.807) is 6.20 Å². The molecule has 1 aromatic heterocycles. The summed E-state index contributed by atoms with van der Waals surface area (Å²) in [6.07, 6.45) is 6.94. The third-order valence-corrected chi connectivity index (χ3v) is 4.61. The van der Waals surface area contributed by atoms with Crippen LogP contribution in [0.4, 0.5) is 4.79 Å². The molecule has 1 aromatic carbocycles. The van der Waals surface area contributed by atoms with E-state index in [0.29, 0.717) is 12.6 Å². The Labute approximate surface area is 150 Å². The van der Waals surface area contributed by atoms with Crippen LogP contribution in [0.25, 0.3) is 5.69 Å². The van der Waals surface area contributed by atoms with Crippen molar-refractivity contribution in [3.63, 3.8) is 0 Å². The van der Waals surface area contributed by atoms with Crippen molar-refractivity contribution in [1.29, 1.82) is 0 Å². The van der Waals surface area contributed by atoms with E-state index in [2.05, 4.69) is 37.3 Å². The topological polar surface area (TPSA) is 50.2 Å². The lowest BCUT2D eigenvalue weighted by Gasteiger charge is -2.30. The zero-order valence-corrected chi connectivity index (χ0v) is 15.4. The molecule has 1 fully saturated rings. The minimum atomic E-state index is 0.0521. The molecule has 0 bridgehead atoms. The molecular formula is C20H28N4O. The monoisotopic (exact) mass is 340 g/mol. The van der Waals surface area contributed by atoms with E-state index >= 15 is 0 Å². The molecule has 134 valence electrons. The molecule has 0 spiro atoms. The fourth-order valence-corrected chi connectivity index (χ4v) is 3.53. The second-order valence-electron chi connectivity index (χ2n) is 8.03. The second kappa shape index (κ2) is 7.30. The highest BCUT2D eigenvalue weighted by molar-refractivity contribution is 5.74. The molecule has 1 saturated heterocycles. The number of amides is 2. The fraction of sp³-hybridized carbons (Fsp3) is 0.500. The molecule has 3 rings (SSSR count). The summed E-state index contributed by atoms with van der Waals surface area (Å²) < 4.78 is 1.82. The van der Waals surface area contributed by atoms with Crippen molar-refractivity contribution >= 4 is 6.03 Å². The van der Waals surface area contributed by atoms with Gasteiger partial charge in [0.25, 0.3) is 0 Å². The zero-order chi connectivity index (χ0) is 17.9. The lowest BCUT2D eigenvalue weighted by molar-refractivity contribution is 0.174. The summed E-state index contributed by atoms with van der Waals surface area (Å²) in [6.45, 7) is 8.11. The SMILES string of the molecule is CC(C)(C)CC1CCCN1C(=O)NCc1cccc(-n2cccn2)c1. The molecule has 1 aliphatic rings. The number of nitrogens with zero attached hydrogens (tertiary/aromatic N) is 3. The molecule has 1 aliphatic heterocycles. The number of likely N-dealkylation sites (tertiary alicyclic amines) is 1. The van der Waals surface area contributed by atoms with Crippen molar-refractivity contribution < 1.29 is 4.79 Å². The van der Waals surface area contributed by atoms with Gasteiger partial charge >= 0.3 is 6.03 Å². The van der Waals surface area contributed by atoms with Crippen LogP contribution in [-0.2, 0) is 6.54 Å². The van der Waals surface area contributed by atoms with Gasteiger partial charge in [-0.1, -0.05) is 32.9 Å². The Bertz CT molecular complexity index is 703. The van der Waals surface area contributed by atoms with Gasteiger partial charge in [-0.15, -0.1) is 0 Å². The van der Waals surface area contributed by atoms with Gasteiger partial charge in [0, 0.05) is 31.5 Å². The highest BCUT2D eigenvalue weighted by Gasteiger charge is 2.31. The van der Waals surface area contributed by atoms with Crippen molar-refractivity contribution in [3.05, 3.63) is 48.3 Å². The smallest absolute Gasteiger partial charge is 0.317 e. The Kier molecular flexibility index (Phi) is 5.11. The van der Waals surface area contributed by atoms with Gasteiger partial charge in [0.2, 0.25) is 0 Å². The Morgan fingerprint density at radius 1 is 1.32 bits per heavy atom. The first-order valence-corrected chi connectivity index (χ1v) is 9.06. The van der Waals surface area contributed by atoms with Crippen LogP contribution in [0, 0.1) is 5.41 Å². The van der Waals surface area contributed by atoms with E-state index in [4.69, 9.17) is 0 Å². The van der Waals surface area contributed by atoms with Crippen molar-refractivity contribution in [3.8, 4) is 5.69 Å². The Balaban J connectivity index is 1.60. The van der Waals surface area contributed by atoms with Crippen LogP contribution >= 0.6 is 0 Å². The van der Waals surface area contributed by atoms with Crippen molar-refractivity contribution in [1.82, 2.24) is 20.0 Å². The van der Waals surface area contributed by atoms with E-state index in [1.807, 2.05) is 40.0 Å². The van der Waals surface area contributed by atoms with E-state index in [-0.39, 0.29) is 11.4 Å². The maximum absolute atomic E-state index is 12.6. The normalized spacial score (nSPS) is 17.7. The standard InChI is InChI=1S/C20H28N4O/c1-20(2,3)14-18-9-5-11-23(18)19(25)21-15-16-7-4-8-17(13-16)24-12-6-10-22-24/h4,6-8,10,12-13,18H,5,9,11,14-15H2,1-3H3,(H,21,25). The van der Waals surface area contributed by atoms with Crippen LogP contribution in [0.3, 0.4) is 0 Å². The van der Waals surface area contributed by atoms with E-state index < -0.39 is 0 Å². The highest BCUT2D eigenvalue weighted by atomic mass is 16.2. The van der Waals surface area contributed by atoms with Crippen molar-refractivity contribution in [2.75, 3.05) is 6.54 Å². The number of hydrogen-bond acceptors (Lipinski definition) is 2. The molecule has 2 amide bonds. The van der Waals surface area contributed by atoms with Gasteiger partial charge in [-0.2, -0.15) is 5.10 Å². The summed E-state index contributed by atoms with van der Waals surface area (Å²) in [4.78, 5) is 14.6. The fourth-order valence-electron chi connectivity index (χ4n) is 3.53. The van der Waals surface area contributed by atoms with Gasteiger partial charge in [-0.05, 0) is 48.4 Å². The quantitative estimate of drug-likeness (QED) is 0.915. The molecule has 0 aliphatic carbocycles. The maximum Gasteiger partial charge on any atom is 0.317 e. The average Bonchev–Trinajstić information content (AvgIpc) is 3.23. The number of hydrogen-bond donors (Lipinski definition) is 1. The first-order chi connectivity index (χ1) is 11.9. The van der Waals surface area contributed by atoms with Crippen LogP contribution in [0.15, 0.2) is 42.7 Å². The average molecular weight is 340 g/mol. The van der Waals surface area contributed by atoms with E-state index in [9.17, 15) is 4.79 Å². The minimum absolute atomic E-state index is 0.0521. The molecule has 0 saturated carbocycles. The van der Waals surface area contributed by atoms with Crippen LogP contribution in [0.1, 0.15) is 45.6 Å². The Morgan fingerprint density at radius 3 is 2.88 bits per heavy atom. The largest absolute Gasteiger partial charge is 0.334 e. The molecule has 25 heavy (non-hydrogen) atoms. The molecular weight excluding hydrogens is 312 g/mol.